The summed E-state index contributed by atoms with van der Waals surface area (Å²) in [4.78, 5) is 26.1. The van der Waals surface area contributed by atoms with Crippen LogP contribution in [0, 0.1) is 13.8 Å². The number of carboxylic acids is 1. The molecule has 0 aromatic heterocycles. The second kappa shape index (κ2) is 11.8. The van der Waals surface area contributed by atoms with Gasteiger partial charge in [0.05, 0.1) is 12.2 Å². The summed E-state index contributed by atoms with van der Waals surface area (Å²) < 4.78 is 8.31. The van der Waals surface area contributed by atoms with E-state index in [-0.39, 0.29) is 11.6 Å². The van der Waals surface area contributed by atoms with E-state index in [4.69, 9.17) is 9.84 Å². The average molecular weight is 485 g/mol. The van der Waals surface area contributed by atoms with Crippen molar-refractivity contribution < 1.29 is 19.4 Å². The predicted octanol–water partition coefficient (Wildman–Crippen LogP) is 5.57. The molecule has 34 heavy (non-hydrogen) atoms. The van der Waals surface area contributed by atoms with Gasteiger partial charge in [-0.2, -0.15) is 0 Å². The zero-order chi connectivity index (χ0) is 24.7. The lowest BCUT2D eigenvalue weighted by molar-refractivity contribution is -0.127. The molecule has 1 amide bonds. The number of hydrogen-bond acceptors (Lipinski definition) is 5. The highest BCUT2D eigenvalue weighted by molar-refractivity contribution is 7.97. The number of hydrogen-bond donors (Lipinski definition) is 1. The van der Waals surface area contributed by atoms with E-state index < -0.39 is 5.97 Å². The molecule has 1 fully saturated rings. The number of ether oxygens (including phenoxy) is 1. The van der Waals surface area contributed by atoms with Crippen LogP contribution in [0.15, 0.2) is 47.4 Å². The lowest BCUT2D eigenvalue weighted by atomic mass is 9.92. The maximum Gasteiger partial charge on any atom is 0.335 e. The summed E-state index contributed by atoms with van der Waals surface area (Å²) in [5.41, 5.74) is 2.39. The highest BCUT2D eigenvalue weighted by Gasteiger charge is 2.33. The molecule has 0 unspecified atom stereocenters. The van der Waals surface area contributed by atoms with Crippen LogP contribution in [0.2, 0.25) is 0 Å². The molecule has 1 saturated heterocycles. The summed E-state index contributed by atoms with van der Waals surface area (Å²) in [6, 6.07) is 13.4. The Morgan fingerprint density at radius 2 is 1.85 bits per heavy atom. The summed E-state index contributed by atoms with van der Waals surface area (Å²) >= 11 is 1.65. The third kappa shape index (κ3) is 7.00. The van der Waals surface area contributed by atoms with Gasteiger partial charge in [-0.05, 0) is 107 Å². The van der Waals surface area contributed by atoms with Crippen LogP contribution in [0.3, 0.4) is 0 Å². The molecule has 3 rings (SSSR count). The van der Waals surface area contributed by atoms with Crippen molar-refractivity contribution in [3.05, 3.63) is 59.2 Å². The molecule has 0 radical (unpaired) electrons. The van der Waals surface area contributed by atoms with Gasteiger partial charge in [-0.1, -0.05) is 12.1 Å². The maximum atomic E-state index is 12.1. The van der Waals surface area contributed by atoms with E-state index in [0.29, 0.717) is 12.2 Å². The van der Waals surface area contributed by atoms with Crippen molar-refractivity contribution in [2.75, 3.05) is 19.7 Å². The van der Waals surface area contributed by atoms with E-state index in [0.717, 1.165) is 61.4 Å². The number of carboxylic acid groups (broad SMARTS) is 1. The highest BCUT2D eigenvalue weighted by Crippen LogP contribution is 2.31. The first-order valence-electron chi connectivity index (χ1n) is 11.9. The molecule has 1 N–H and O–H groups in total. The van der Waals surface area contributed by atoms with Crippen molar-refractivity contribution in [3.63, 3.8) is 0 Å². The summed E-state index contributed by atoms with van der Waals surface area (Å²) in [7, 11) is 0. The van der Waals surface area contributed by atoms with Gasteiger partial charge in [-0.15, -0.1) is 0 Å². The average Bonchev–Trinajstić information content (AvgIpc) is 2.80. The first-order valence-corrected chi connectivity index (χ1v) is 12.7. The van der Waals surface area contributed by atoms with Gasteiger partial charge < -0.3 is 14.7 Å². The molecule has 7 heteroatoms. The van der Waals surface area contributed by atoms with E-state index in [1.54, 1.807) is 24.1 Å². The molecule has 6 nitrogen and oxygen atoms in total. The molecule has 0 spiro atoms. The molecular weight excluding hydrogens is 448 g/mol. The lowest BCUT2D eigenvalue weighted by Crippen LogP contribution is -2.52. The van der Waals surface area contributed by atoms with Gasteiger partial charge in [0.1, 0.15) is 5.75 Å². The normalized spacial score (nSPS) is 15.2. The van der Waals surface area contributed by atoms with Crippen molar-refractivity contribution in [2.45, 2.75) is 69.9 Å². The Bertz CT molecular complexity index is 969. The molecule has 0 saturated carbocycles. The van der Waals surface area contributed by atoms with Gasteiger partial charge in [-0.3, -0.25) is 4.79 Å². The highest BCUT2D eigenvalue weighted by atomic mass is 32.2. The Balaban J connectivity index is 1.47. The summed E-state index contributed by atoms with van der Waals surface area (Å²) in [5.74, 6) is 0.0262. The molecule has 0 bridgehead atoms. The van der Waals surface area contributed by atoms with Gasteiger partial charge in [0, 0.05) is 29.6 Å². The zero-order valence-electron chi connectivity index (χ0n) is 20.6. The largest absolute Gasteiger partial charge is 0.493 e. The number of piperidine rings is 1. The van der Waals surface area contributed by atoms with Crippen LogP contribution in [0.25, 0.3) is 0 Å². The van der Waals surface area contributed by atoms with E-state index in [1.807, 2.05) is 17.0 Å². The Labute approximate surface area is 207 Å². The number of aryl methyl sites for hydroxylation is 2. The first-order chi connectivity index (χ1) is 16.2. The van der Waals surface area contributed by atoms with Crippen LogP contribution in [0.5, 0.6) is 5.75 Å². The summed E-state index contributed by atoms with van der Waals surface area (Å²) in [6.45, 7) is 10.8. The molecule has 0 aliphatic carbocycles. The number of rotatable bonds is 11. The van der Waals surface area contributed by atoms with Crippen molar-refractivity contribution in [1.29, 1.82) is 0 Å². The monoisotopic (exact) mass is 484 g/mol. The Hall–Kier alpha value is -2.51. The minimum Gasteiger partial charge on any atom is -0.493 e. The van der Waals surface area contributed by atoms with Crippen LogP contribution in [-0.4, -0.2) is 58.0 Å². The van der Waals surface area contributed by atoms with Crippen LogP contribution in [0.1, 0.15) is 61.0 Å². The van der Waals surface area contributed by atoms with Crippen LogP contribution in [-0.2, 0) is 4.79 Å². The molecular formula is C27H36N2O4S. The minimum atomic E-state index is -0.911. The predicted molar refractivity (Wildman–Crippen MR) is 136 cm³/mol. The number of carbonyl (C=O) groups excluding carboxylic acids is 1. The summed E-state index contributed by atoms with van der Waals surface area (Å²) in [6.07, 6.45) is 4.61. The Kier molecular flexibility index (Phi) is 9.03. The molecule has 1 heterocycles. The first kappa shape index (κ1) is 26.1. The van der Waals surface area contributed by atoms with E-state index >= 15 is 0 Å². The second-order valence-corrected chi connectivity index (χ2v) is 10.8. The molecule has 1 aliphatic heterocycles. The van der Waals surface area contributed by atoms with Crippen LogP contribution in [0.4, 0.5) is 0 Å². The quantitative estimate of drug-likeness (QED) is 0.255. The fourth-order valence-corrected chi connectivity index (χ4v) is 5.37. The number of nitrogens with zero attached hydrogens (tertiary/aromatic N) is 2. The van der Waals surface area contributed by atoms with E-state index in [2.05, 4.69) is 50.2 Å². The molecule has 184 valence electrons. The van der Waals surface area contributed by atoms with Crippen molar-refractivity contribution >= 4 is 24.3 Å². The standard InChI is InChI=1S/C27H36N2O4S/c1-20-6-7-21(2)25(18-20)33-17-5-14-27(3,4)29(19-30)23-12-15-28(16-13-23)34-24-10-8-22(9-11-24)26(31)32/h6-11,18-19,23H,5,12-17H2,1-4H3,(H,31,32). The minimum absolute atomic E-state index is 0.221. The number of amides is 1. The topological polar surface area (TPSA) is 70.1 Å². The van der Waals surface area contributed by atoms with Crippen LogP contribution >= 0.6 is 11.9 Å². The number of aromatic carboxylic acids is 1. The van der Waals surface area contributed by atoms with Gasteiger partial charge in [0.2, 0.25) is 6.41 Å². The Morgan fingerprint density at radius 1 is 1.18 bits per heavy atom. The van der Waals surface area contributed by atoms with Gasteiger partial charge in [0.15, 0.2) is 0 Å². The van der Waals surface area contributed by atoms with E-state index in [1.165, 1.54) is 5.56 Å². The molecule has 2 aromatic rings. The van der Waals surface area contributed by atoms with Crippen molar-refractivity contribution in [2.24, 2.45) is 0 Å². The fourth-order valence-electron chi connectivity index (χ4n) is 4.42. The fraction of sp³-hybridized carbons (Fsp3) is 0.481. The van der Waals surface area contributed by atoms with E-state index in [9.17, 15) is 9.59 Å². The molecule has 0 atom stereocenters. The maximum absolute atomic E-state index is 12.1. The summed E-state index contributed by atoms with van der Waals surface area (Å²) in [5, 5.41) is 9.05. The molecule has 2 aromatic carbocycles. The van der Waals surface area contributed by atoms with Crippen LogP contribution < -0.4 is 4.74 Å². The SMILES string of the molecule is Cc1ccc(C)c(OCCCC(C)(C)N(C=O)C2CCN(Sc3ccc(C(=O)O)cc3)CC2)c1. The van der Waals surface area contributed by atoms with Gasteiger partial charge in [0.25, 0.3) is 0 Å². The van der Waals surface area contributed by atoms with Crippen molar-refractivity contribution in [1.82, 2.24) is 9.21 Å². The molecule has 1 aliphatic rings. The van der Waals surface area contributed by atoms with Gasteiger partial charge >= 0.3 is 5.97 Å². The van der Waals surface area contributed by atoms with Crippen molar-refractivity contribution in [3.8, 4) is 5.75 Å². The zero-order valence-corrected chi connectivity index (χ0v) is 21.4. The Morgan fingerprint density at radius 3 is 2.47 bits per heavy atom. The number of benzene rings is 2. The third-order valence-electron chi connectivity index (χ3n) is 6.50. The number of carbonyl (C=O) groups is 2. The smallest absolute Gasteiger partial charge is 0.335 e. The second-order valence-electron chi connectivity index (χ2n) is 9.63. The third-order valence-corrected chi connectivity index (χ3v) is 7.61. The van der Waals surface area contributed by atoms with Gasteiger partial charge in [-0.25, -0.2) is 9.10 Å². The lowest BCUT2D eigenvalue weighted by Gasteiger charge is -2.44.